The second-order valence-corrected chi connectivity index (χ2v) is 9.69. The van der Waals surface area contributed by atoms with Crippen molar-refractivity contribution in [2.45, 2.75) is 70.4 Å². The Morgan fingerprint density at radius 3 is 1.98 bits per heavy atom. The molecule has 0 fully saturated rings. The Kier molecular flexibility index (Phi) is 9.45. The zero-order chi connectivity index (χ0) is 31.7. The van der Waals surface area contributed by atoms with E-state index in [-0.39, 0.29) is 31.1 Å². The van der Waals surface area contributed by atoms with E-state index in [9.17, 15) is 49.1 Å². The van der Waals surface area contributed by atoms with Gasteiger partial charge in [0, 0.05) is 24.6 Å². The molecule has 0 aliphatic carbocycles. The standard InChI is InChI=1S/C27H28F9N2O4/c1-4-10-42-24(40)38(27(34,35)36)19(5-2)14-21(20-8-6-7-9-22(20)38)37(23(39)41-3)15-16-11-17(25(28,29)30)13-18(12-16)26(31,32)33/h6-9,11-13,19,21H,4-5,10,14-15H2,1-3H3/q+1/t19-,21?,38+/m0/s1. The van der Waals surface area contributed by atoms with Gasteiger partial charge in [0.15, 0.2) is 5.69 Å². The molecule has 6 nitrogen and oxygen atoms in total. The first kappa shape index (κ1) is 33.0. The molecule has 3 atom stereocenters. The molecule has 3 rings (SSSR count). The number of methoxy groups -OCH3 is 1. The lowest BCUT2D eigenvalue weighted by molar-refractivity contribution is -0.240. The number of rotatable bonds is 6. The Morgan fingerprint density at radius 2 is 1.50 bits per heavy atom. The lowest BCUT2D eigenvalue weighted by atomic mass is 9.86. The second kappa shape index (κ2) is 12.0. The predicted octanol–water partition coefficient (Wildman–Crippen LogP) is 8.59. The van der Waals surface area contributed by atoms with Gasteiger partial charge in [0.25, 0.3) is 0 Å². The van der Waals surface area contributed by atoms with Gasteiger partial charge in [0.2, 0.25) is 0 Å². The first-order valence-electron chi connectivity index (χ1n) is 12.8. The molecule has 2 aromatic rings. The molecule has 0 radical (unpaired) electrons. The summed E-state index contributed by atoms with van der Waals surface area (Å²) in [5, 5.41) is 0. The SMILES string of the molecule is CCCOC(=O)[N@+]1(C(F)(F)F)c2ccccc2C(N(Cc2cc(C(F)(F)F)cc(C(F)(F)F)c2)C(=O)OC)C[C@@H]1CC. The van der Waals surface area contributed by atoms with Gasteiger partial charge in [0.05, 0.1) is 30.9 Å². The Morgan fingerprint density at radius 1 is 0.929 bits per heavy atom. The Hall–Kier alpha value is -3.49. The molecular weight excluding hydrogens is 587 g/mol. The van der Waals surface area contributed by atoms with Gasteiger partial charge in [-0.05, 0) is 36.6 Å². The molecule has 42 heavy (non-hydrogen) atoms. The summed E-state index contributed by atoms with van der Waals surface area (Å²) in [4.78, 5) is 26.9. The summed E-state index contributed by atoms with van der Waals surface area (Å²) in [5.41, 5.74) is -4.61. The van der Waals surface area contributed by atoms with E-state index in [0.29, 0.717) is 12.1 Å². The van der Waals surface area contributed by atoms with Crippen molar-refractivity contribution >= 4 is 17.9 Å². The number of hydrogen-bond acceptors (Lipinski definition) is 4. The highest BCUT2D eigenvalue weighted by Crippen LogP contribution is 2.52. The third-order valence-electron chi connectivity index (χ3n) is 7.09. The van der Waals surface area contributed by atoms with Gasteiger partial charge in [-0.3, -0.25) is 4.90 Å². The molecule has 15 heteroatoms. The smallest absolute Gasteiger partial charge is 0.453 e. The third-order valence-corrected chi connectivity index (χ3v) is 7.09. The van der Waals surface area contributed by atoms with Crippen molar-refractivity contribution < 1.29 is 58.6 Å². The van der Waals surface area contributed by atoms with Gasteiger partial charge in [-0.15, -0.1) is 13.2 Å². The highest BCUT2D eigenvalue weighted by Gasteiger charge is 2.70. The lowest BCUT2D eigenvalue weighted by Crippen LogP contribution is -2.71. The minimum Gasteiger partial charge on any atom is -0.453 e. The summed E-state index contributed by atoms with van der Waals surface area (Å²) >= 11 is 0. The van der Waals surface area contributed by atoms with Crippen LogP contribution in [-0.4, -0.2) is 43.1 Å². The first-order chi connectivity index (χ1) is 19.4. The molecule has 0 bridgehead atoms. The number of ether oxygens (including phenoxy) is 2. The maximum absolute atomic E-state index is 15.0. The van der Waals surface area contributed by atoms with Crippen LogP contribution in [0.1, 0.15) is 61.4 Å². The van der Waals surface area contributed by atoms with Crippen LogP contribution >= 0.6 is 0 Å². The van der Waals surface area contributed by atoms with E-state index in [1.165, 1.54) is 25.1 Å². The van der Waals surface area contributed by atoms with E-state index in [2.05, 4.69) is 0 Å². The van der Waals surface area contributed by atoms with E-state index in [1.807, 2.05) is 0 Å². The van der Waals surface area contributed by atoms with Crippen LogP contribution in [0, 0.1) is 0 Å². The summed E-state index contributed by atoms with van der Waals surface area (Å²) in [6.07, 6.45) is -18.9. The Labute approximate surface area is 235 Å². The number of halogens is 9. The number of carbonyl (C=O) groups is 2. The van der Waals surface area contributed by atoms with Gasteiger partial charge < -0.3 is 9.47 Å². The molecule has 0 aromatic heterocycles. The molecular formula is C27H28F9N2O4+. The fraction of sp³-hybridized carbons (Fsp3) is 0.481. The van der Waals surface area contributed by atoms with Gasteiger partial charge >= 0.3 is 30.8 Å². The number of alkyl halides is 9. The molecule has 1 aliphatic rings. The molecule has 0 saturated carbocycles. The normalized spacial score (nSPS) is 21.0. The first-order valence-corrected chi connectivity index (χ1v) is 12.8. The molecule has 2 amide bonds. The van der Waals surface area contributed by atoms with Gasteiger partial charge in [-0.25, -0.2) is 4.79 Å². The van der Waals surface area contributed by atoms with E-state index in [4.69, 9.17) is 9.47 Å². The summed E-state index contributed by atoms with van der Waals surface area (Å²) in [6, 6.07) is 2.69. The number of carbonyl (C=O) groups excluding carboxylic acids is 2. The summed E-state index contributed by atoms with van der Waals surface area (Å²) in [6.45, 7) is 1.80. The molecule has 1 heterocycles. The van der Waals surface area contributed by atoms with Crippen molar-refractivity contribution in [3.8, 4) is 0 Å². The maximum atomic E-state index is 15.0. The van der Waals surface area contributed by atoms with E-state index < -0.39 is 82.7 Å². The van der Waals surface area contributed by atoms with Crippen molar-refractivity contribution in [1.29, 1.82) is 0 Å². The molecule has 0 spiro atoms. The molecule has 1 unspecified atom stereocenters. The van der Waals surface area contributed by atoms with Crippen LogP contribution in [0.5, 0.6) is 0 Å². The number of para-hydroxylation sites is 1. The molecule has 2 aromatic carbocycles. The van der Waals surface area contributed by atoms with E-state index >= 15 is 0 Å². The minimum atomic E-state index is -5.22. The zero-order valence-corrected chi connectivity index (χ0v) is 22.7. The lowest BCUT2D eigenvalue weighted by Gasteiger charge is -2.47. The molecule has 232 valence electrons. The monoisotopic (exact) mass is 615 g/mol. The van der Waals surface area contributed by atoms with Crippen molar-refractivity contribution in [1.82, 2.24) is 9.38 Å². The summed E-state index contributed by atoms with van der Waals surface area (Å²) < 4.78 is 133. The summed E-state index contributed by atoms with van der Waals surface area (Å²) in [7, 11) is 0.910. The number of quaternary nitrogens is 1. The average molecular weight is 616 g/mol. The molecule has 0 N–H and O–H groups in total. The van der Waals surface area contributed by atoms with E-state index in [1.54, 1.807) is 6.92 Å². The zero-order valence-electron chi connectivity index (χ0n) is 22.7. The number of amides is 2. The van der Waals surface area contributed by atoms with Crippen molar-refractivity contribution in [2.24, 2.45) is 0 Å². The molecule has 1 aliphatic heterocycles. The fourth-order valence-corrected chi connectivity index (χ4v) is 5.28. The Bertz CT molecular complexity index is 1260. The highest BCUT2D eigenvalue weighted by molar-refractivity contribution is 5.86. The van der Waals surface area contributed by atoms with Crippen LogP contribution in [0.4, 0.5) is 54.8 Å². The van der Waals surface area contributed by atoms with Crippen molar-refractivity contribution in [3.05, 3.63) is 64.7 Å². The number of nitrogens with zero attached hydrogens (tertiary/aromatic N) is 2. The van der Waals surface area contributed by atoms with Crippen LogP contribution in [0.2, 0.25) is 0 Å². The van der Waals surface area contributed by atoms with Gasteiger partial charge in [-0.2, -0.15) is 31.1 Å². The minimum absolute atomic E-state index is 0.0773. The Balaban J connectivity index is 2.24. The van der Waals surface area contributed by atoms with Crippen LogP contribution in [0.15, 0.2) is 42.5 Å². The topological polar surface area (TPSA) is 55.8 Å². The molecule has 0 saturated heterocycles. The number of benzene rings is 2. The summed E-state index contributed by atoms with van der Waals surface area (Å²) in [5.74, 6) is 0. The average Bonchev–Trinajstić information content (AvgIpc) is 2.91. The van der Waals surface area contributed by atoms with Gasteiger partial charge in [-0.1, -0.05) is 36.5 Å². The fourth-order valence-electron chi connectivity index (χ4n) is 5.28. The quantitative estimate of drug-likeness (QED) is 0.186. The van der Waals surface area contributed by atoms with Gasteiger partial charge in [0.1, 0.15) is 6.04 Å². The predicted molar refractivity (Wildman–Crippen MR) is 132 cm³/mol. The largest absolute Gasteiger partial charge is 0.576 e. The number of fused-ring (bicyclic) bond motifs is 1. The third kappa shape index (κ3) is 6.15. The van der Waals surface area contributed by atoms with Crippen LogP contribution in [0.3, 0.4) is 0 Å². The van der Waals surface area contributed by atoms with Crippen molar-refractivity contribution in [3.63, 3.8) is 0 Å². The van der Waals surface area contributed by atoms with Crippen LogP contribution in [0.25, 0.3) is 0 Å². The van der Waals surface area contributed by atoms with Crippen LogP contribution in [-0.2, 0) is 28.4 Å². The second-order valence-electron chi connectivity index (χ2n) is 9.69. The van der Waals surface area contributed by atoms with Crippen LogP contribution < -0.4 is 4.48 Å². The van der Waals surface area contributed by atoms with Crippen molar-refractivity contribution in [2.75, 3.05) is 13.7 Å². The number of hydrogen-bond donors (Lipinski definition) is 0. The van der Waals surface area contributed by atoms with E-state index in [0.717, 1.165) is 18.1 Å². The highest BCUT2D eigenvalue weighted by atomic mass is 19.4. The maximum Gasteiger partial charge on any atom is 0.576 e.